The number of aromatic nitrogens is 1. The third kappa shape index (κ3) is 2.56. The highest BCUT2D eigenvalue weighted by molar-refractivity contribution is 5.31. The fourth-order valence-electron chi connectivity index (χ4n) is 0.855. The summed E-state index contributed by atoms with van der Waals surface area (Å²) in [5, 5.41) is 0. The topological polar surface area (TPSA) is 48.1 Å². The quantitative estimate of drug-likeness (QED) is 0.754. The fourth-order valence-corrected chi connectivity index (χ4v) is 0.855. The predicted octanol–water partition coefficient (Wildman–Crippen LogP) is 1.58. The van der Waals surface area contributed by atoms with Crippen LogP contribution >= 0.6 is 0 Å². The maximum absolute atomic E-state index is 12.8. The Morgan fingerprint density at radius 3 is 2.50 bits per heavy atom. The van der Waals surface area contributed by atoms with Crippen LogP contribution < -0.4 is 10.5 Å². The van der Waals surface area contributed by atoms with Crippen LogP contribution in [0.5, 0.6) is 5.75 Å². The molecule has 0 radical (unpaired) electrons. The minimum Gasteiger partial charge on any atom is -0.404 e. The molecule has 14 heavy (non-hydrogen) atoms. The normalized spacial score (nSPS) is 11.5. The Morgan fingerprint density at radius 2 is 2.00 bits per heavy atom. The first-order valence-electron chi connectivity index (χ1n) is 3.52. The first kappa shape index (κ1) is 10.7. The monoisotopic (exact) mass is 210 g/mol. The Hall–Kier alpha value is -1.37. The highest BCUT2D eigenvalue weighted by atomic mass is 19.4. The molecular formula is C7H6F4N2O. The molecule has 0 saturated carbocycles. The number of halogens is 4. The molecule has 0 amide bonds. The molecule has 78 valence electrons. The number of nitrogens with two attached hydrogens (primary N) is 1. The zero-order valence-electron chi connectivity index (χ0n) is 6.81. The lowest BCUT2D eigenvalue weighted by Crippen LogP contribution is -2.19. The molecule has 1 heterocycles. The summed E-state index contributed by atoms with van der Waals surface area (Å²) < 4.78 is 51.7. The van der Waals surface area contributed by atoms with Gasteiger partial charge in [0.15, 0.2) is 5.75 Å². The molecule has 0 aliphatic rings. The number of rotatable bonds is 2. The van der Waals surface area contributed by atoms with Crippen molar-refractivity contribution in [3.63, 3.8) is 0 Å². The van der Waals surface area contributed by atoms with Crippen molar-refractivity contribution in [3.05, 3.63) is 23.8 Å². The van der Waals surface area contributed by atoms with Crippen molar-refractivity contribution in [2.45, 2.75) is 12.9 Å². The second-order valence-corrected chi connectivity index (χ2v) is 2.35. The summed E-state index contributed by atoms with van der Waals surface area (Å²) in [7, 11) is 0. The molecule has 0 aliphatic carbocycles. The molecule has 0 fully saturated rings. The smallest absolute Gasteiger partial charge is 0.404 e. The SMILES string of the molecule is NCc1c(F)cncc1OC(F)(F)F. The molecule has 1 aromatic heterocycles. The van der Waals surface area contributed by atoms with Crippen LogP contribution in [0.3, 0.4) is 0 Å². The second-order valence-electron chi connectivity index (χ2n) is 2.35. The molecule has 0 unspecified atom stereocenters. The Morgan fingerprint density at radius 1 is 1.36 bits per heavy atom. The van der Waals surface area contributed by atoms with Gasteiger partial charge in [0.25, 0.3) is 0 Å². The number of nitrogens with zero attached hydrogens (tertiary/aromatic N) is 1. The summed E-state index contributed by atoms with van der Waals surface area (Å²) in [5.74, 6) is -1.63. The van der Waals surface area contributed by atoms with Crippen molar-refractivity contribution >= 4 is 0 Å². The van der Waals surface area contributed by atoms with E-state index in [9.17, 15) is 17.6 Å². The Kier molecular flexibility index (Phi) is 2.90. The van der Waals surface area contributed by atoms with Crippen molar-refractivity contribution < 1.29 is 22.3 Å². The standard InChI is InChI=1S/C7H6F4N2O/c8-5-2-13-3-6(4(5)1-12)14-7(9,10)11/h2-3H,1,12H2. The molecule has 2 N–H and O–H groups in total. The first-order valence-corrected chi connectivity index (χ1v) is 3.52. The van der Waals surface area contributed by atoms with E-state index in [-0.39, 0.29) is 12.1 Å². The predicted molar refractivity (Wildman–Crippen MR) is 38.8 cm³/mol. The van der Waals surface area contributed by atoms with E-state index >= 15 is 0 Å². The van der Waals surface area contributed by atoms with E-state index in [1.165, 1.54) is 0 Å². The highest BCUT2D eigenvalue weighted by Gasteiger charge is 2.32. The van der Waals surface area contributed by atoms with Crippen molar-refractivity contribution in [2.24, 2.45) is 5.73 Å². The van der Waals surface area contributed by atoms with Crippen LogP contribution in [0.2, 0.25) is 0 Å². The molecule has 0 bridgehead atoms. The number of pyridine rings is 1. The number of alkyl halides is 3. The number of ether oxygens (including phenoxy) is 1. The molecular weight excluding hydrogens is 204 g/mol. The molecule has 3 nitrogen and oxygen atoms in total. The number of hydrogen-bond donors (Lipinski definition) is 1. The van der Waals surface area contributed by atoms with Crippen molar-refractivity contribution in [1.29, 1.82) is 0 Å². The van der Waals surface area contributed by atoms with E-state index in [2.05, 4.69) is 9.72 Å². The van der Waals surface area contributed by atoms with Crippen LogP contribution in [0.4, 0.5) is 17.6 Å². The average Bonchev–Trinajstić information content (AvgIpc) is 2.01. The lowest BCUT2D eigenvalue weighted by Gasteiger charge is -2.11. The third-order valence-corrected chi connectivity index (χ3v) is 1.40. The summed E-state index contributed by atoms with van der Waals surface area (Å²) in [4.78, 5) is 3.22. The lowest BCUT2D eigenvalue weighted by atomic mass is 10.2. The van der Waals surface area contributed by atoms with Gasteiger partial charge in [-0.15, -0.1) is 13.2 Å². The molecule has 1 rings (SSSR count). The fraction of sp³-hybridized carbons (Fsp3) is 0.286. The summed E-state index contributed by atoms with van der Waals surface area (Å²) >= 11 is 0. The van der Waals surface area contributed by atoms with Crippen molar-refractivity contribution in [1.82, 2.24) is 4.98 Å². The van der Waals surface area contributed by atoms with Gasteiger partial charge in [-0.3, -0.25) is 4.98 Å². The average molecular weight is 210 g/mol. The van der Waals surface area contributed by atoms with Gasteiger partial charge in [0, 0.05) is 12.1 Å². The van der Waals surface area contributed by atoms with Crippen LogP contribution in [-0.4, -0.2) is 11.3 Å². The molecule has 0 saturated heterocycles. The van der Waals surface area contributed by atoms with Gasteiger partial charge in [0.1, 0.15) is 5.82 Å². The molecule has 7 heteroatoms. The zero-order valence-corrected chi connectivity index (χ0v) is 6.81. The highest BCUT2D eigenvalue weighted by Crippen LogP contribution is 2.26. The van der Waals surface area contributed by atoms with E-state index in [1.807, 2.05) is 0 Å². The van der Waals surface area contributed by atoms with Gasteiger partial charge < -0.3 is 10.5 Å². The summed E-state index contributed by atoms with van der Waals surface area (Å²) in [6.45, 7) is -0.389. The molecule has 1 aromatic rings. The van der Waals surface area contributed by atoms with Gasteiger partial charge in [0.2, 0.25) is 0 Å². The summed E-state index contributed by atoms with van der Waals surface area (Å²) in [6.07, 6.45) is -3.34. The van der Waals surface area contributed by atoms with E-state index in [1.54, 1.807) is 0 Å². The molecule has 0 atom stereocenters. The maximum atomic E-state index is 12.8. The van der Waals surface area contributed by atoms with E-state index < -0.39 is 17.9 Å². The van der Waals surface area contributed by atoms with Crippen LogP contribution in [0.1, 0.15) is 5.56 Å². The minimum absolute atomic E-state index is 0.350. The third-order valence-electron chi connectivity index (χ3n) is 1.40. The minimum atomic E-state index is -4.88. The van der Waals surface area contributed by atoms with Crippen LogP contribution in [0.15, 0.2) is 12.4 Å². The van der Waals surface area contributed by atoms with E-state index in [0.717, 1.165) is 12.4 Å². The largest absolute Gasteiger partial charge is 0.573 e. The lowest BCUT2D eigenvalue weighted by molar-refractivity contribution is -0.275. The van der Waals surface area contributed by atoms with Gasteiger partial charge in [-0.05, 0) is 0 Å². The Balaban J connectivity index is 3.02. The van der Waals surface area contributed by atoms with Crippen LogP contribution in [0.25, 0.3) is 0 Å². The maximum Gasteiger partial charge on any atom is 0.573 e. The van der Waals surface area contributed by atoms with Gasteiger partial charge in [-0.2, -0.15) is 0 Å². The van der Waals surface area contributed by atoms with Crippen LogP contribution in [-0.2, 0) is 6.54 Å². The van der Waals surface area contributed by atoms with Crippen molar-refractivity contribution in [3.8, 4) is 5.75 Å². The first-order chi connectivity index (χ1) is 6.44. The van der Waals surface area contributed by atoms with E-state index in [0.29, 0.717) is 0 Å². The zero-order chi connectivity index (χ0) is 10.8. The summed E-state index contributed by atoms with van der Waals surface area (Å²) in [6, 6.07) is 0. The molecule has 0 aliphatic heterocycles. The van der Waals surface area contributed by atoms with E-state index in [4.69, 9.17) is 5.73 Å². The van der Waals surface area contributed by atoms with Crippen molar-refractivity contribution in [2.75, 3.05) is 0 Å². The Labute approximate surface area is 76.5 Å². The van der Waals surface area contributed by atoms with Gasteiger partial charge >= 0.3 is 6.36 Å². The van der Waals surface area contributed by atoms with Crippen LogP contribution in [0, 0.1) is 5.82 Å². The Bertz CT molecular complexity index is 326. The summed E-state index contributed by atoms with van der Waals surface area (Å²) in [5.41, 5.74) is 4.71. The van der Waals surface area contributed by atoms with Gasteiger partial charge in [-0.25, -0.2) is 4.39 Å². The van der Waals surface area contributed by atoms with Gasteiger partial charge in [0.05, 0.1) is 12.4 Å². The number of hydrogen-bond acceptors (Lipinski definition) is 3. The van der Waals surface area contributed by atoms with Gasteiger partial charge in [-0.1, -0.05) is 0 Å². The molecule has 0 aromatic carbocycles. The second kappa shape index (κ2) is 3.79. The molecule has 0 spiro atoms.